The van der Waals surface area contributed by atoms with Crippen LogP contribution in [0.3, 0.4) is 0 Å². The Hall–Kier alpha value is -2.04. The van der Waals surface area contributed by atoms with Crippen LogP contribution in [0.1, 0.15) is 215 Å². The average Bonchev–Trinajstić information content (AvgIpc) is 3.07. The van der Waals surface area contributed by atoms with Crippen LogP contribution in [0.15, 0.2) is 18.2 Å². The first-order valence-corrected chi connectivity index (χ1v) is 20.0. The zero-order chi connectivity index (χ0) is 33.3. The number of carbonyl (C=O) groups is 2. The predicted octanol–water partition coefficient (Wildman–Crippen LogP) is 12.1. The summed E-state index contributed by atoms with van der Waals surface area (Å²) in [5.41, 5.74) is 1.09. The molecule has 2 N–H and O–H groups in total. The van der Waals surface area contributed by atoms with Crippen molar-refractivity contribution in [2.24, 2.45) is 0 Å². The van der Waals surface area contributed by atoms with Crippen molar-refractivity contribution in [2.45, 2.75) is 194 Å². The summed E-state index contributed by atoms with van der Waals surface area (Å²) in [4.78, 5) is 26.1. The van der Waals surface area contributed by atoms with E-state index in [9.17, 15) is 9.59 Å². The zero-order valence-corrected chi connectivity index (χ0v) is 30.7. The highest BCUT2D eigenvalue weighted by Gasteiger charge is 2.16. The lowest BCUT2D eigenvalue weighted by Gasteiger charge is -2.14. The van der Waals surface area contributed by atoms with Gasteiger partial charge in [-0.2, -0.15) is 0 Å². The summed E-state index contributed by atoms with van der Waals surface area (Å²) in [6.07, 6.45) is 34.0. The van der Waals surface area contributed by atoms with E-state index >= 15 is 0 Å². The molecule has 0 aromatic heterocycles. The van der Waals surface area contributed by atoms with Gasteiger partial charge in [0.05, 0.1) is 12.2 Å². The summed E-state index contributed by atoms with van der Waals surface area (Å²) in [6, 6.07) is 5.31. The van der Waals surface area contributed by atoms with Gasteiger partial charge in [0.1, 0.15) is 5.75 Å². The van der Waals surface area contributed by atoms with Crippen molar-refractivity contribution in [3.63, 3.8) is 0 Å². The van der Waals surface area contributed by atoms with E-state index in [1.165, 1.54) is 135 Å². The molecule has 0 aliphatic rings. The van der Waals surface area contributed by atoms with E-state index in [0.717, 1.165) is 38.5 Å². The van der Waals surface area contributed by atoms with Gasteiger partial charge in [0.25, 0.3) is 11.8 Å². The molecule has 0 spiro atoms. The van der Waals surface area contributed by atoms with Gasteiger partial charge in [-0.15, -0.1) is 0 Å². The van der Waals surface area contributed by atoms with Gasteiger partial charge in [-0.1, -0.05) is 175 Å². The maximum Gasteiger partial charge on any atom is 0.255 e. The predicted molar refractivity (Wildman–Crippen MR) is 198 cm³/mol. The van der Waals surface area contributed by atoms with Gasteiger partial charge < -0.3 is 15.4 Å². The molecule has 1 rings (SSSR count). The quantitative estimate of drug-likeness (QED) is 0.0750. The second-order valence-corrected chi connectivity index (χ2v) is 13.6. The number of benzene rings is 1. The molecule has 0 radical (unpaired) electrons. The summed E-state index contributed by atoms with van der Waals surface area (Å²) >= 11 is 0. The van der Waals surface area contributed by atoms with Crippen LogP contribution in [-0.4, -0.2) is 31.5 Å². The van der Waals surface area contributed by atoms with Crippen LogP contribution in [0.4, 0.5) is 0 Å². The van der Waals surface area contributed by atoms with Crippen LogP contribution in [-0.2, 0) is 0 Å². The van der Waals surface area contributed by atoms with E-state index < -0.39 is 0 Å². The number of unbranched alkanes of at least 4 members (excludes halogenated alkanes) is 24. The van der Waals surface area contributed by atoms with Crippen LogP contribution in [0.25, 0.3) is 0 Å². The molecule has 0 atom stereocenters. The molecule has 0 bridgehead atoms. The third-order valence-corrected chi connectivity index (χ3v) is 9.13. The third-order valence-electron chi connectivity index (χ3n) is 9.13. The van der Waals surface area contributed by atoms with Crippen molar-refractivity contribution in [1.29, 1.82) is 0 Å². The monoisotopic (exact) mass is 643 g/mol. The van der Waals surface area contributed by atoms with Gasteiger partial charge in [0.2, 0.25) is 0 Å². The van der Waals surface area contributed by atoms with E-state index in [0.29, 0.717) is 36.6 Å². The first kappa shape index (κ1) is 42.0. The molecule has 0 saturated heterocycles. The minimum Gasteiger partial charge on any atom is -0.493 e. The molecular weight excluding hydrogens is 568 g/mol. The Labute approximate surface area is 285 Å². The van der Waals surface area contributed by atoms with Crippen molar-refractivity contribution in [1.82, 2.24) is 10.6 Å². The number of hydrogen-bond donors (Lipinski definition) is 2. The molecule has 0 fully saturated rings. The minimum absolute atomic E-state index is 0.0895. The van der Waals surface area contributed by atoms with Gasteiger partial charge in [-0.25, -0.2) is 0 Å². The Kier molecular flexibility index (Phi) is 28.8. The SMILES string of the molecule is CCCCCCCCCCCCCOc1cc(C(=O)NCCCCCCCCCC)ccc1C(=O)NCCCCCCCCCC. The van der Waals surface area contributed by atoms with Gasteiger partial charge in [0.15, 0.2) is 0 Å². The fourth-order valence-corrected chi connectivity index (χ4v) is 6.04. The molecule has 5 nitrogen and oxygen atoms in total. The molecule has 2 amide bonds. The highest BCUT2D eigenvalue weighted by atomic mass is 16.5. The van der Waals surface area contributed by atoms with Crippen LogP contribution in [0.2, 0.25) is 0 Å². The maximum atomic E-state index is 13.1. The number of hydrogen-bond acceptors (Lipinski definition) is 3. The van der Waals surface area contributed by atoms with Crippen molar-refractivity contribution >= 4 is 11.8 Å². The lowest BCUT2D eigenvalue weighted by Crippen LogP contribution is -2.26. The van der Waals surface area contributed by atoms with Crippen molar-refractivity contribution in [3.05, 3.63) is 29.3 Å². The molecule has 0 aliphatic carbocycles. The van der Waals surface area contributed by atoms with Gasteiger partial charge >= 0.3 is 0 Å². The number of carbonyl (C=O) groups excluding carboxylic acids is 2. The lowest BCUT2D eigenvalue weighted by atomic mass is 10.1. The molecule has 0 saturated carbocycles. The summed E-state index contributed by atoms with van der Waals surface area (Å²) in [5.74, 6) is 0.330. The van der Waals surface area contributed by atoms with Crippen molar-refractivity contribution in [3.8, 4) is 5.75 Å². The Morgan fingerprint density at radius 3 is 1.28 bits per heavy atom. The average molecular weight is 643 g/mol. The maximum absolute atomic E-state index is 13.1. The molecule has 0 unspecified atom stereocenters. The number of nitrogens with one attached hydrogen (secondary N) is 2. The summed E-state index contributed by atoms with van der Waals surface area (Å²) in [6.45, 7) is 8.69. The van der Waals surface area contributed by atoms with E-state index in [1.54, 1.807) is 18.2 Å². The standard InChI is InChI=1S/C41H74N2O3/c1-4-7-10-13-16-19-20-21-24-27-30-35-46-39-36-37(40(44)42-33-28-25-22-17-14-11-8-5-2)31-32-38(39)41(45)43-34-29-26-23-18-15-12-9-6-3/h31-32,36H,4-30,33-35H2,1-3H3,(H,42,44)(H,43,45). The lowest BCUT2D eigenvalue weighted by molar-refractivity contribution is 0.0937. The third kappa shape index (κ3) is 23.3. The van der Waals surface area contributed by atoms with Crippen LogP contribution in [0, 0.1) is 0 Å². The molecule has 5 heteroatoms. The highest BCUT2D eigenvalue weighted by molar-refractivity contribution is 6.00. The Bertz CT molecular complexity index is 856. The van der Waals surface area contributed by atoms with E-state index in [4.69, 9.17) is 4.74 Å². The van der Waals surface area contributed by atoms with Crippen molar-refractivity contribution < 1.29 is 14.3 Å². The second kappa shape index (κ2) is 31.6. The number of amides is 2. The van der Waals surface area contributed by atoms with Gasteiger partial charge in [-0.05, 0) is 37.5 Å². The number of ether oxygens (including phenoxy) is 1. The van der Waals surface area contributed by atoms with Crippen LogP contribution >= 0.6 is 0 Å². The fraction of sp³-hybridized carbons (Fsp3) is 0.805. The smallest absolute Gasteiger partial charge is 0.255 e. The van der Waals surface area contributed by atoms with Crippen LogP contribution in [0.5, 0.6) is 5.75 Å². The van der Waals surface area contributed by atoms with Gasteiger partial charge in [-0.3, -0.25) is 9.59 Å². The second-order valence-electron chi connectivity index (χ2n) is 13.6. The largest absolute Gasteiger partial charge is 0.493 e. The Morgan fingerprint density at radius 1 is 0.478 bits per heavy atom. The normalized spacial score (nSPS) is 11.1. The molecule has 0 aliphatic heterocycles. The molecule has 1 aromatic carbocycles. The Morgan fingerprint density at radius 2 is 0.848 bits per heavy atom. The molecule has 1 aromatic rings. The topological polar surface area (TPSA) is 67.4 Å². The van der Waals surface area contributed by atoms with E-state index in [1.807, 2.05) is 0 Å². The summed E-state index contributed by atoms with van der Waals surface area (Å²) < 4.78 is 6.18. The summed E-state index contributed by atoms with van der Waals surface area (Å²) in [5, 5.41) is 6.17. The van der Waals surface area contributed by atoms with E-state index in [-0.39, 0.29) is 11.8 Å². The summed E-state index contributed by atoms with van der Waals surface area (Å²) in [7, 11) is 0. The minimum atomic E-state index is -0.109. The first-order valence-electron chi connectivity index (χ1n) is 20.0. The first-order chi connectivity index (χ1) is 22.6. The molecule has 0 heterocycles. The highest BCUT2D eigenvalue weighted by Crippen LogP contribution is 2.22. The van der Waals surface area contributed by atoms with E-state index in [2.05, 4.69) is 31.4 Å². The molecule has 46 heavy (non-hydrogen) atoms. The van der Waals surface area contributed by atoms with Crippen LogP contribution < -0.4 is 15.4 Å². The Balaban J connectivity index is 2.51. The zero-order valence-electron chi connectivity index (χ0n) is 30.7. The van der Waals surface area contributed by atoms with Gasteiger partial charge in [0, 0.05) is 18.7 Å². The number of rotatable bonds is 33. The van der Waals surface area contributed by atoms with Crippen molar-refractivity contribution in [2.75, 3.05) is 19.7 Å². The molecular formula is C41H74N2O3. The molecule has 266 valence electrons. The fourth-order valence-electron chi connectivity index (χ4n) is 6.04.